The number of aliphatic hydroxyl groups excluding tert-OH is 1. The van der Waals surface area contributed by atoms with Crippen molar-refractivity contribution in [2.45, 2.75) is 132 Å². The Bertz CT molecular complexity index is 519. The second-order valence-corrected chi connectivity index (χ2v) is 26.1. The van der Waals surface area contributed by atoms with Crippen molar-refractivity contribution in [3.8, 4) is 0 Å². The molecule has 50 heavy (non-hydrogen) atoms. The maximum absolute atomic E-state index is 9.67. The molecule has 2 saturated heterocycles. The van der Waals surface area contributed by atoms with Crippen molar-refractivity contribution in [2.24, 2.45) is 17.2 Å². The van der Waals surface area contributed by atoms with Gasteiger partial charge >= 0.3 is 90.4 Å². The number of nitrogens with two attached hydrogens (primary N) is 3. The Morgan fingerprint density at radius 2 is 1.00 bits per heavy atom. The predicted octanol–water partition coefficient (Wildman–Crippen LogP) is 1.78. The molecule has 12 N–H and O–H groups in total. The van der Waals surface area contributed by atoms with Crippen molar-refractivity contribution in [1.82, 2.24) is 20.9 Å². The van der Waals surface area contributed by atoms with Crippen molar-refractivity contribution in [3.63, 3.8) is 0 Å². The first-order valence-electron chi connectivity index (χ1n) is 12.9. The third-order valence-electron chi connectivity index (χ3n) is 3.36. The van der Waals surface area contributed by atoms with E-state index in [0.29, 0.717) is 44.0 Å². The molecule has 0 atom stereocenters. The summed E-state index contributed by atoms with van der Waals surface area (Å²) in [5.41, 5.74) is 15.1. The molecule has 2 rings (SSSR count). The van der Waals surface area contributed by atoms with E-state index in [9.17, 15) is 8.42 Å². The number of hydrogen-bond acceptors (Lipinski definition) is 12. The first-order chi connectivity index (χ1) is 18.6. The van der Waals surface area contributed by atoms with Gasteiger partial charge in [0.05, 0.1) is 13.2 Å². The van der Waals surface area contributed by atoms with Crippen LogP contribution in [0.5, 0.6) is 0 Å². The maximum Gasteiger partial charge on any atom is 1.00 e. The average Bonchev–Trinajstić information content (AvgIpc) is 3.74. The first kappa shape index (κ1) is 105. The van der Waals surface area contributed by atoms with Crippen molar-refractivity contribution >= 4 is 109 Å². The summed E-state index contributed by atoms with van der Waals surface area (Å²) in [5.74, 6) is 0. The van der Waals surface area contributed by atoms with Gasteiger partial charge in [0.2, 0.25) is 0 Å². The van der Waals surface area contributed by atoms with E-state index in [4.69, 9.17) is 26.9 Å². The minimum atomic E-state index is -4.27. The Hall–Kier alpha value is 4.89. The zero-order valence-corrected chi connectivity index (χ0v) is 43.3. The minimum absolute atomic E-state index is 0. The van der Waals surface area contributed by atoms with Crippen molar-refractivity contribution in [3.05, 3.63) is 0 Å². The van der Waals surface area contributed by atoms with E-state index in [1.54, 1.807) is 0 Å². The van der Waals surface area contributed by atoms with Gasteiger partial charge in [0.15, 0.2) is 0 Å². The Kier molecular flexibility index (Phi) is 190. The normalized spacial score (nSPS) is 9.88. The standard InChI is InChI=1S/C8H20N2.C6H15N.C2H7NO4S.C2H7NO.2C2H5N.7CH4.I3.I2.HI.Na.H2O/c1-7(2)10(6-5-9)8(3)4;1-5(2)7-6(3)4;3-1-2-7-8(4,5)6;3-1-2-4;2*1-2-3-1;;;;;;;;1-3-2;1-2;;;/h7-8H,5-6,9H2,1-4H3;5-7H,1-4H3;1-3H2,(H,4,5,6);4H,1-3H2;2*3H,1-2H2;7*1H4;;;1H;;1H2/q;;;;;;;;;;;;;-1;;;+1;/p-1. The molecule has 2 aliphatic heterocycles. The van der Waals surface area contributed by atoms with E-state index in [1.807, 2.05) is 0 Å². The minimum Gasteiger partial charge on any atom is -0.870 e. The van der Waals surface area contributed by atoms with Gasteiger partial charge in [-0.05, 0) is 27.7 Å². The van der Waals surface area contributed by atoms with Crippen LogP contribution >= 0.6 is 98.4 Å². The Balaban J connectivity index is -0.0000000191. The van der Waals surface area contributed by atoms with E-state index in [1.165, 1.54) is 26.2 Å². The molecule has 0 aromatic heterocycles. The molecule has 2 fully saturated rings. The number of nitrogens with zero attached hydrogens (tertiary/aromatic N) is 1. The summed E-state index contributed by atoms with van der Waals surface area (Å²) in [6.45, 7) is 24.6. The van der Waals surface area contributed by atoms with E-state index in [-0.39, 0.29) is 131 Å². The average molecular weight is 1450 g/mol. The van der Waals surface area contributed by atoms with Crippen LogP contribution < -0.4 is 76.0 Å². The zero-order chi connectivity index (χ0) is 33.0. The van der Waals surface area contributed by atoms with Gasteiger partial charge in [-0.15, -0.1) is 24.0 Å². The van der Waals surface area contributed by atoms with Crippen LogP contribution in [0.1, 0.15) is 107 Å². The number of aliphatic hydroxyl groups is 1. The Morgan fingerprint density at radius 3 is 1.04 bits per heavy atom. The van der Waals surface area contributed by atoms with Gasteiger partial charge < -0.3 is 43.7 Å². The summed E-state index contributed by atoms with van der Waals surface area (Å²) in [6, 6.07) is 2.48. The number of halogens is 6. The van der Waals surface area contributed by atoms with E-state index >= 15 is 0 Å². The Labute approximate surface area is 408 Å². The summed E-state index contributed by atoms with van der Waals surface area (Å²) in [4.78, 5) is 2.39. The monoisotopic (exact) mass is 1450 g/mol. The van der Waals surface area contributed by atoms with Crippen molar-refractivity contribution < 1.29 is 70.5 Å². The zero-order valence-electron chi connectivity index (χ0n) is 27.3. The number of hydrogen-bond donors (Lipinski definition) is 8. The summed E-state index contributed by atoms with van der Waals surface area (Å²) in [7, 11) is -4.27. The Morgan fingerprint density at radius 1 is 0.760 bits per heavy atom. The van der Waals surface area contributed by atoms with Crippen LogP contribution in [0.3, 0.4) is 0 Å². The van der Waals surface area contributed by atoms with E-state index in [0.717, 1.165) is 13.1 Å². The van der Waals surface area contributed by atoms with Crippen LogP contribution in [0.15, 0.2) is 0 Å². The smallest absolute Gasteiger partial charge is 0.870 e. The van der Waals surface area contributed by atoms with Gasteiger partial charge in [-0.3, -0.25) is 9.45 Å². The third-order valence-corrected chi connectivity index (χ3v) is 3.82. The molecule has 2 aliphatic rings. The van der Waals surface area contributed by atoms with Crippen LogP contribution in [0, 0.1) is 0 Å². The molecule has 0 bridgehead atoms. The quantitative estimate of drug-likeness (QED) is 0.0674. The number of nitrogens with one attached hydrogen (secondary N) is 3. The molecule has 0 spiro atoms. The van der Waals surface area contributed by atoms with Gasteiger partial charge in [0.1, 0.15) is 0 Å². The fraction of sp³-hybridized carbons (Fsp3) is 1.00. The maximum atomic E-state index is 9.67. The molecular formula is C29H89I6N7NaO6S-. The van der Waals surface area contributed by atoms with Crippen LogP contribution in [0.25, 0.3) is 0 Å². The second kappa shape index (κ2) is 90.2. The molecule has 0 unspecified atom stereocenters. The largest absolute Gasteiger partial charge is 1.00 e. The summed E-state index contributed by atoms with van der Waals surface area (Å²) in [5, 5.41) is 17.1. The molecule has 326 valence electrons. The fourth-order valence-corrected chi connectivity index (χ4v) is 2.39. The first-order valence-corrected chi connectivity index (χ1v) is 33.1. The van der Waals surface area contributed by atoms with Gasteiger partial charge in [0, 0.05) is 114 Å². The summed E-state index contributed by atoms with van der Waals surface area (Å²) >= 11 is 9.54. The molecular weight excluding hydrogens is 1360 g/mol. The number of rotatable bonds is 10. The molecule has 21 heteroatoms. The van der Waals surface area contributed by atoms with E-state index < -0.39 is 10.4 Å². The summed E-state index contributed by atoms with van der Waals surface area (Å²) in [6.07, 6.45) is 0. The SMILES string of the molecule is C.C.C.C.C.C.C.C1CN1.C1CN1.CC(C)N(CCN)C(C)C.CC(C)NC(C)C.I.II.I[I-]I.NCCO.NCCOS(=O)(=O)O.[Na+].[OH-]. The van der Waals surface area contributed by atoms with Gasteiger partial charge in [-0.25, -0.2) is 4.18 Å². The molecule has 0 aromatic carbocycles. The molecule has 2 heterocycles. The van der Waals surface area contributed by atoms with Crippen LogP contribution in [0.4, 0.5) is 0 Å². The van der Waals surface area contributed by atoms with Crippen molar-refractivity contribution in [1.29, 1.82) is 0 Å². The molecule has 0 saturated carbocycles. The van der Waals surface area contributed by atoms with Gasteiger partial charge in [-0.1, -0.05) is 79.7 Å². The molecule has 0 aromatic rings. The molecule has 13 nitrogen and oxygen atoms in total. The molecule has 0 radical (unpaired) electrons. The second-order valence-electron chi connectivity index (χ2n) is 8.79. The van der Waals surface area contributed by atoms with Crippen molar-refractivity contribution in [2.75, 3.05) is 65.6 Å². The van der Waals surface area contributed by atoms with Crippen LogP contribution in [0.2, 0.25) is 0 Å². The fourth-order valence-electron chi connectivity index (χ4n) is 2.08. The predicted molar refractivity (Wildman–Crippen MR) is 268 cm³/mol. The van der Waals surface area contributed by atoms with Gasteiger partial charge in [0.25, 0.3) is 0 Å². The van der Waals surface area contributed by atoms with E-state index in [2.05, 4.69) is 155 Å². The topological polar surface area (TPSA) is 251 Å². The molecule has 0 amide bonds. The van der Waals surface area contributed by atoms with Gasteiger partial charge in [-0.2, -0.15) is 8.42 Å². The third kappa shape index (κ3) is 183. The van der Waals surface area contributed by atoms with Crippen LogP contribution in [-0.2, 0) is 14.6 Å². The molecule has 0 aliphatic carbocycles. The summed E-state index contributed by atoms with van der Waals surface area (Å²) < 4.78 is 31.0. The van der Waals surface area contributed by atoms with Crippen LogP contribution in [-0.4, -0.2) is 118 Å².